The lowest BCUT2D eigenvalue weighted by Crippen LogP contribution is -2.29. The summed E-state index contributed by atoms with van der Waals surface area (Å²) in [6, 6.07) is 13.8. The van der Waals surface area contributed by atoms with Crippen LogP contribution in [0.1, 0.15) is 56.7 Å². The Kier molecular flexibility index (Phi) is 7.03. The van der Waals surface area contributed by atoms with Crippen LogP contribution in [0.5, 0.6) is 11.5 Å². The zero-order valence-electron chi connectivity index (χ0n) is 19.8. The van der Waals surface area contributed by atoms with E-state index in [1.807, 2.05) is 63.2 Å². The Morgan fingerprint density at radius 2 is 1.76 bits per heavy atom. The average Bonchev–Trinajstić information content (AvgIpc) is 3.18. The van der Waals surface area contributed by atoms with Crippen molar-refractivity contribution >= 4 is 33.6 Å². The van der Waals surface area contributed by atoms with Gasteiger partial charge in [0.25, 0.3) is 0 Å². The quantitative estimate of drug-likeness (QED) is 0.375. The number of aryl methyl sites for hydroxylation is 1. The Hall–Kier alpha value is -2.80. The van der Waals surface area contributed by atoms with E-state index < -0.39 is 11.5 Å². The van der Waals surface area contributed by atoms with Crippen LogP contribution in [-0.2, 0) is 11.2 Å². The number of benzene rings is 2. The summed E-state index contributed by atoms with van der Waals surface area (Å²) in [5.41, 5.74) is 3.92. The number of hydrogen-bond acceptors (Lipinski definition) is 4. The lowest BCUT2D eigenvalue weighted by atomic mass is 9.93. The summed E-state index contributed by atoms with van der Waals surface area (Å²) in [5, 5.41) is 9.14. The minimum absolute atomic E-state index is 0.124. The molecule has 0 radical (unpaired) electrons. The van der Waals surface area contributed by atoms with Crippen molar-refractivity contribution < 1.29 is 24.2 Å². The van der Waals surface area contributed by atoms with Crippen molar-refractivity contribution in [2.24, 2.45) is 5.41 Å². The molecule has 2 aliphatic rings. The fourth-order valence-electron chi connectivity index (χ4n) is 4.25. The first-order valence-corrected chi connectivity index (χ1v) is 12.4. The molecule has 7 heteroatoms. The molecule has 1 N–H and O–H groups in total. The predicted octanol–water partition coefficient (Wildman–Crippen LogP) is 6.26. The molecule has 34 heavy (non-hydrogen) atoms. The fourth-order valence-corrected chi connectivity index (χ4v) is 4.98. The van der Waals surface area contributed by atoms with Crippen molar-refractivity contribution in [1.29, 1.82) is 0 Å². The Labute approximate surface area is 208 Å². The number of likely N-dealkylation sites (tertiary alicyclic amines) is 1. The first kappa shape index (κ1) is 24.3. The maximum atomic E-state index is 12.3. The van der Waals surface area contributed by atoms with E-state index >= 15 is 0 Å². The SMILES string of the molecule is CC(C)(C)C(=O)Oc1ccc2c(c1)CCCC(Br)=C2c1ccc(O[C@H]2CCN(C(=O)O)C2)cc1. The number of ether oxygens (including phenoxy) is 2. The maximum absolute atomic E-state index is 12.3. The lowest BCUT2D eigenvalue weighted by Gasteiger charge is -2.18. The third-order valence-electron chi connectivity index (χ3n) is 6.14. The highest BCUT2D eigenvalue weighted by Crippen LogP contribution is 2.39. The second-order valence-electron chi connectivity index (χ2n) is 9.87. The molecule has 0 bridgehead atoms. The Morgan fingerprint density at radius 3 is 2.41 bits per heavy atom. The highest BCUT2D eigenvalue weighted by Gasteiger charge is 2.28. The molecule has 2 aromatic rings. The van der Waals surface area contributed by atoms with Crippen molar-refractivity contribution in [2.75, 3.05) is 13.1 Å². The number of amides is 1. The molecular formula is C27H30BrNO5. The van der Waals surface area contributed by atoms with Gasteiger partial charge >= 0.3 is 12.1 Å². The van der Waals surface area contributed by atoms with E-state index in [2.05, 4.69) is 15.9 Å². The first-order valence-electron chi connectivity index (χ1n) is 11.6. The van der Waals surface area contributed by atoms with E-state index in [9.17, 15) is 9.59 Å². The molecule has 4 rings (SSSR count). The summed E-state index contributed by atoms with van der Waals surface area (Å²) in [6.45, 7) is 6.43. The molecule has 6 nitrogen and oxygen atoms in total. The number of carboxylic acid groups (broad SMARTS) is 1. The van der Waals surface area contributed by atoms with Crippen LogP contribution in [0.4, 0.5) is 4.79 Å². The molecule has 1 fully saturated rings. The Balaban J connectivity index is 1.55. The first-order chi connectivity index (χ1) is 16.1. The molecule has 1 aliphatic carbocycles. The number of carbonyl (C=O) groups is 2. The van der Waals surface area contributed by atoms with E-state index in [4.69, 9.17) is 14.6 Å². The van der Waals surface area contributed by atoms with Crippen molar-refractivity contribution in [3.8, 4) is 11.5 Å². The van der Waals surface area contributed by atoms with Gasteiger partial charge < -0.3 is 19.5 Å². The van der Waals surface area contributed by atoms with Crippen molar-refractivity contribution in [3.05, 3.63) is 63.6 Å². The molecule has 2 aromatic carbocycles. The average molecular weight is 528 g/mol. The topological polar surface area (TPSA) is 76.1 Å². The van der Waals surface area contributed by atoms with Crippen molar-refractivity contribution in [1.82, 2.24) is 4.90 Å². The predicted molar refractivity (Wildman–Crippen MR) is 134 cm³/mol. The summed E-state index contributed by atoms with van der Waals surface area (Å²) in [5.74, 6) is 1.06. The maximum Gasteiger partial charge on any atom is 0.407 e. The summed E-state index contributed by atoms with van der Waals surface area (Å²) < 4.78 is 12.8. The number of fused-ring (bicyclic) bond motifs is 1. The van der Waals surface area contributed by atoms with Gasteiger partial charge in [-0.2, -0.15) is 0 Å². The van der Waals surface area contributed by atoms with Gasteiger partial charge in [0.2, 0.25) is 0 Å². The van der Waals surface area contributed by atoms with E-state index in [0.29, 0.717) is 25.3 Å². The van der Waals surface area contributed by atoms with Gasteiger partial charge in [0.1, 0.15) is 17.6 Å². The largest absolute Gasteiger partial charge is 0.489 e. The summed E-state index contributed by atoms with van der Waals surface area (Å²) in [6.07, 6.45) is 2.49. The van der Waals surface area contributed by atoms with Gasteiger partial charge in [-0.25, -0.2) is 4.79 Å². The van der Waals surface area contributed by atoms with E-state index in [0.717, 1.165) is 51.8 Å². The highest BCUT2D eigenvalue weighted by atomic mass is 79.9. The molecule has 1 atom stereocenters. The fraction of sp³-hybridized carbons (Fsp3) is 0.407. The second-order valence-corrected chi connectivity index (χ2v) is 10.8. The monoisotopic (exact) mass is 527 g/mol. The second kappa shape index (κ2) is 9.82. The van der Waals surface area contributed by atoms with E-state index in [1.54, 1.807) is 0 Å². The van der Waals surface area contributed by atoms with Gasteiger partial charge in [-0.05, 0) is 86.6 Å². The lowest BCUT2D eigenvalue weighted by molar-refractivity contribution is -0.143. The highest BCUT2D eigenvalue weighted by molar-refractivity contribution is 9.11. The summed E-state index contributed by atoms with van der Waals surface area (Å²) >= 11 is 3.81. The van der Waals surface area contributed by atoms with Crippen LogP contribution < -0.4 is 9.47 Å². The van der Waals surface area contributed by atoms with Crippen LogP contribution >= 0.6 is 15.9 Å². The molecule has 180 valence electrons. The minimum atomic E-state index is -0.901. The van der Waals surface area contributed by atoms with Crippen LogP contribution in [0.3, 0.4) is 0 Å². The number of carbonyl (C=O) groups excluding carboxylic acids is 1. The molecule has 1 aliphatic heterocycles. The normalized spacial score (nSPS) is 18.4. The Bertz CT molecular complexity index is 1120. The molecule has 0 aromatic heterocycles. The van der Waals surface area contributed by atoms with Crippen molar-refractivity contribution in [2.45, 2.75) is 52.6 Å². The van der Waals surface area contributed by atoms with Gasteiger partial charge in [-0.1, -0.05) is 34.1 Å². The number of allylic oxidation sites excluding steroid dienone is 1. The van der Waals surface area contributed by atoms with Gasteiger partial charge in [0.15, 0.2) is 0 Å². The van der Waals surface area contributed by atoms with Crippen LogP contribution in [0.15, 0.2) is 46.9 Å². The molecular weight excluding hydrogens is 498 g/mol. The smallest absolute Gasteiger partial charge is 0.407 e. The summed E-state index contributed by atoms with van der Waals surface area (Å²) in [7, 11) is 0. The Morgan fingerprint density at radius 1 is 1.06 bits per heavy atom. The van der Waals surface area contributed by atoms with Crippen LogP contribution in [-0.4, -0.2) is 41.3 Å². The third kappa shape index (κ3) is 5.46. The number of hydrogen-bond donors (Lipinski definition) is 1. The third-order valence-corrected chi connectivity index (χ3v) is 6.94. The molecule has 0 spiro atoms. The molecule has 1 saturated heterocycles. The van der Waals surface area contributed by atoms with E-state index in [1.165, 1.54) is 4.90 Å². The standard InChI is InChI=1S/C27H30BrNO5/c1-27(2,3)25(30)34-20-11-12-22-18(15-20)5-4-6-23(28)24(22)17-7-9-19(10-8-17)33-21-13-14-29(16-21)26(31)32/h7-12,15,21H,4-6,13-14,16H2,1-3H3,(H,31,32)/t21-/m0/s1. The van der Waals surface area contributed by atoms with Gasteiger partial charge in [0, 0.05) is 17.4 Å². The number of nitrogens with zero attached hydrogens (tertiary/aromatic N) is 1. The van der Waals surface area contributed by atoms with Crippen LogP contribution in [0.2, 0.25) is 0 Å². The number of esters is 1. The van der Waals surface area contributed by atoms with Crippen LogP contribution in [0.25, 0.3) is 5.57 Å². The van der Waals surface area contributed by atoms with Gasteiger partial charge in [-0.3, -0.25) is 4.79 Å². The van der Waals surface area contributed by atoms with Gasteiger partial charge in [0.05, 0.1) is 12.0 Å². The molecule has 1 amide bonds. The summed E-state index contributed by atoms with van der Waals surface area (Å²) in [4.78, 5) is 24.9. The zero-order valence-corrected chi connectivity index (χ0v) is 21.4. The molecule has 0 saturated carbocycles. The minimum Gasteiger partial charge on any atom is -0.489 e. The zero-order chi connectivity index (χ0) is 24.5. The van der Waals surface area contributed by atoms with Crippen molar-refractivity contribution in [3.63, 3.8) is 0 Å². The number of rotatable bonds is 4. The molecule has 0 unspecified atom stereocenters. The number of halogens is 1. The van der Waals surface area contributed by atoms with Crippen LogP contribution in [0, 0.1) is 5.41 Å². The van der Waals surface area contributed by atoms with Gasteiger partial charge in [-0.15, -0.1) is 0 Å². The molecule has 1 heterocycles. The van der Waals surface area contributed by atoms with E-state index in [-0.39, 0.29) is 12.1 Å².